The third kappa shape index (κ3) is 6.81. The van der Waals surface area contributed by atoms with Crippen LogP contribution < -0.4 is 20.1 Å². The molecule has 1 aliphatic carbocycles. The second kappa shape index (κ2) is 12.4. The number of para-hydroxylation sites is 1. The van der Waals surface area contributed by atoms with Gasteiger partial charge in [-0.3, -0.25) is 9.20 Å². The molecule has 0 bridgehead atoms. The molecule has 0 saturated heterocycles. The molecule has 2 N–H and O–H groups in total. The highest BCUT2D eigenvalue weighted by Crippen LogP contribution is 2.30. The number of halogens is 1. The van der Waals surface area contributed by atoms with Crippen molar-refractivity contribution < 1.29 is 13.7 Å². The maximum Gasteiger partial charge on any atom is 0.191 e. The SMILES string of the molecule is CCS(=O)C1CCCC(NC(=NC)NCc2cccc(OC)c2OC)C1.I. The Labute approximate surface area is 182 Å². The Hall–Kier alpha value is -1.03. The van der Waals surface area contributed by atoms with Gasteiger partial charge in [0, 0.05) is 47.0 Å². The molecular formula is C19H32IN3O3S. The van der Waals surface area contributed by atoms with Crippen molar-refractivity contribution in [2.75, 3.05) is 27.0 Å². The normalized spacial score (nSPS) is 21.0. The highest BCUT2D eigenvalue weighted by atomic mass is 127. The number of methoxy groups -OCH3 is 2. The Morgan fingerprint density at radius 1 is 1.30 bits per heavy atom. The molecule has 1 saturated carbocycles. The van der Waals surface area contributed by atoms with Crippen LogP contribution in [-0.4, -0.2) is 48.5 Å². The summed E-state index contributed by atoms with van der Waals surface area (Å²) >= 11 is 0. The fraction of sp³-hybridized carbons (Fsp3) is 0.632. The molecular weight excluding hydrogens is 477 g/mol. The lowest BCUT2D eigenvalue weighted by atomic mass is 9.95. The third-order valence-corrected chi connectivity index (χ3v) is 6.52. The number of hydrogen-bond donors (Lipinski definition) is 2. The van der Waals surface area contributed by atoms with E-state index in [9.17, 15) is 4.21 Å². The van der Waals surface area contributed by atoms with Gasteiger partial charge in [0.1, 0.15) is 0 Å². The van der Waals surface area contributed by atoms with E-state index in [1.807, 2.05) is 25.1 Å². The zero-order valence-electron chi connectivity index (χ0n) is 16.6. The fourth-order valence-corrected chi connectivity index (χ4v) is 4.76. The lowest BCUT2D eigenvalue weighted by molar-refractivity contribution is 0.351. The van der Waals surface area contributed by atoms with Crippen LogP contribution in [0.15, 0.2) is 23.2 Å². The van der Waals surface area contributed by atoms with Crippen LogP contribution in [0.3, 0.4) is 0 Å². The minimum Gasteiger partial charge on any atom is -0.493 e. The van der Waals surface area contributed by atoms with Crippen molar-refractivity contribution in [2.24, 2.45) is 4.99 Å². The van der Waals surface area contributed by atoms with Gasteiger partial charge in [0.15, 0.2) is 17.5 Å². The summed E-state index contributed by atoms with van der Waals surface area (Å²) in [6.45, 7) is 2.58. The van der Waals surface area contributed by atoms with Crippen LogP contribution in [0, 0.1) is 0 Å². The highest BCUT2D eigenvalue weighted by Gasteiger charge is 2.26. The minimum atomic E-state index is -0.723. The van der Waals surface area contributed by atoms with Crippen molar-refractivity contribution in [1.29, 1.82) is 0 Å². The summed E-state index contributed by atoms with van der Waals surface area (Å²) in [5, 5.41) is 7.12. The van der Waals surface area contributed by atoms with E-state index in [-0.39, 0.29) is 24.0 Å². The fourth-order valence-electron chi connectivity index (χ4n) is 3.41. The molecule has 2 rings (SSSR count). The summed E-state index contributed by atoms with van der Waals surface area (Å²) in [5.74, 6) is 2.93. The summed E-state index contributed by atoms with van der Waals surface area (Å²) in [6.07, 6.45) is 4.19. The van der Waals surface area contributed by atoms with E-state index >= 15 is 0 Å². The molecule has 6 nitrogen and oxygen atoms in total. The minimum absolute atomic E-state index is 0. The van der Waals surface area contributed by atoms with Crippen molar-refractivity contribution >= 4 is 40.7 Å². The van der Waals surface area contributed by atoms with Crippen molar-refractivity contribution in [3.05, 3.63) is 23.8 Å². The number of ether oxygens (including phenoxy) is 2. The number of benzene rings is 1. The first-order valence-electron chi connectivity index (χ1n) is 9.17. The van der Waals surface area contributed by atoms with Crippen LogP contribution in [0.5, 0.6) is 11.5 Å². The molecule has 8 heteroatoms. The van der Waals surface area contributed by atoms with Gasteiger partial charge in [-0.2, -0.15) is 0 Å². The van der Waals surface area contributed by atoms with Gasteiger partial charge in [-0.05, 0) is 25.3 Å². The summed E-state index contributed by atoms with van der Waals surface area (Å²) in [6, 6.07) is 6.14. The first-order chi connectivity index (χ1) is 12.6. The van der Waals surface area contributed by atoms with E-state index in [1.165, 1.54) is 0 Å². The molecule has 3 unspecified atom stereocenters. The van der Waals surface area contributed by atoms with Crippen LogP contribution in [0.4, 0.5) is 0 Å². The van der Waals surface area contributed by atoms with E-state index in [2.05, 4.69) is 15.6 Å². The Morgan fingerprint density at radius 2 is 2.07 bits per heavy atom. The van der Waals surface area contributed by atoms with E-state index in [1.54, 1.807) is 21.3 Å². The van der Waals surface area contributed by atoms with Gasteiger partial charge in [0.25, 0.3) is 0 Å². The molecule has 1 aliphatic rings. The number of hydrogen-bond acceptors (Lipinski definition) is 4. The van der Waals surface area contributed by atoms with Crippen molar-refractivity contribution in [1.82, 2.24) is 10.6 Å². The summed E-state index contributed by atoms with van der Waals surface area (Å²) in [4.78, 5) is 4.33. The Kier molecular flexibility index (Phi) is 11.1. The maximum absolute atomic E-state index is 12.1. The van der Waals surface area contributed by atoms with Crippen LogP contribution in [-0.2, 0) is 17.3 Å². The first kappa shape index (κ1) is 24.0. The molecule has 0 radical (unpaired) electrons. The lowest BCUT2D eigenvalue weighted by Crippen LogP contribution is -2.46. The van der Waals surface area contributed by atoms with E-state index in [0.29, 0.717) is 23.6 Å². The molecule has 154 valence electrons. The highest BCUT2D eigenvalue weighted by molar-refractivity contribution is 14.0. The van der Waals surface area contributed by atoms with Gasteiger partial charge in [-0.15, -0.1) is 24.0 Å². The first-order valence-corrected chi connectivity index (χ1v) is 10.5. The molecule has 1 aromatic carbocycles. The maximum atomic E-state index is 12.1. The number of nitrogens with zero attached hydrogens (tertiary/aromatic N) is 1. The second-order valence-electron chi connectivity index (χ2n) is 6.38. The smallest absolute Gasteiger partial charge is 0.191 e. The molecule has 0 spiro atoms. The van der Waals surface area contributed by atoms with Crippen LogP contribution >= 0.6 is 24.0 Å². The zero-order valence-corrected chi connectivity index (χ0v) is 19.8. The number of guanidine groups is 1. The predicted molar refractivity (Wildman–Crippen MR) is 123 cm³/mol. The average Bonchev–Trinajstić information content (AvgIpc) is 2.70. The second-order valence-corrected chi connectivity index (χ2v) is 8.38. The molecule has 0 amide bonds. The van der Waals surface area contributed by atoms with Crippen LogP contribution in [0.1, 0.15) is 38.2 Å². The molecule has 1 fully saturated rings. The zero-order chi connectivity index (χ0) is 18.9. The average molecular weight is 509 g/mol. The van der Waals surface area contributed by atoms with Gasteiger partial charge in [-0.1, -0.05) is 25.5 Å². The molecule has 0 aliphatic heterocycles. The van der Waals surface area contributed by atoms with Gasteiger partial charge in [0.2, 0.25) is 0 Å². The van der Waals surface area contributed by atoms with E-state index < -0.39 is 10.8 Å². The van der Waals surface area contributed by atoms with E-state index in [4.69, 9.17) is 9.47 Å². The topological polar surface area (TPSA) is 72.0 Å². The molecule has 3 atom stereocenters. The summed E-state index contributed by atoms with van der Waals surface area (Å²) in [5.41, 5.74) is 1.00. The van der Waals surface area contributed by atoms with Crippen LogP contribution in [0.2, 0.25) is 0 Å². The number of aliphatic imine (C=N–C) groups is 1. The lowest BCUT2D eigenvalue weighted by Gasteiger charge is -2.30. The van der Waals surface area contributed by atoms with Gasteiger partial charge in [-0.25, -0.2) is 0 Å². The Bertz CT molecular complexity index is 643. The summed E-state index contributed by atoms with van der Waals surface area (Å²) < 4.78 is 22.9. The van der Waals surface area contributed by atoms with E-state index in [0.717, 1.165) is 48.7 Å². The molecule has 0 aromatic heterocycles. The number of rotatable bonds is 7. The van der Waals surface area contributed by atoms with Crippen LogP contribution in [0.25, 0.3) is 0 Å². The Morgan fingerprint density at radius 3 is 2.70 bits per heavy atom. The van der Waals surface area contributed by atoms with Crippen molar-refractivity contribution in [3.63, 3.8) is 0 Å². The standard InChI is InChI=1S/C19H31N3O3S.HI/c1-5-26(23)16-10-7-9-15(12-16)22-19(20-2)21-13-14-8-6-11-17(24-3)18(14)25-4;/h6,8,11,15-16H,5,7,9-10,12-13H2,1-4H3,(H2,20,21,22);1H. The molecule has 27 heavy (non-hydrogen) atoms. The van der Waals surface area contributed by atoms with Crippen molar-refractivity contribution in [2.45, 2.75) is 50.4 Å². The van der Waals surface area contributed by atoms with Gasteiger partial charge < -0.3 is 20.1 Å². The largest absolute Gasteiger partial charge is 0.493 e. The Balaban J connectivity index is 0.00000364. The van der Waals surface area contributed by atoms with Gasteiger partial charge >= 0.3 is 0 Å². The van der Waals surface area contributed by atoms with Gasteiger partial charge in [0.05, 0.1) is 14.2 Å². The van der Waals surface area contributed by atoms with Crippen molar-refractivity contribution in [3.8, 4) is 11.5 Å². The third-order valence-electron chi connectivity index (χ3n) is 4.78. The quantitative estimate of drug-likeness (QED) is 0.336. The monoisotopic (exact) mass is 509 g/mol. The molecule has 0 heterocycles. The summed E-state index contributed by atoms with van der Waals surface area (Å²) in [7, 11) is 4.32. The predicted octanol–water partition coefficient (Wildman–Crippen LogP) is 3.07. The number of nitrogens with one attached hydrogen (secondary N) is 2. The molecule has 1 aromatic rings.